The Morgan fingerprint density at radius 2 is 2.33 bits per heavy atom. The van der Waals surface area contributed by atoms with Gasteiger partial charge in [-0.05, 0) is 0 Å². The van der Waals surface area contributed by atoms with Gasteiger partial charge in [-0.3, -0.25) is 10.1 Å². The van der Waals surface area contributed by atoms with Gasteiger partial charge in [0.2, 0.25) is 0 Å². The fourth-order valence-electron chi connectivity index (χ4n) is 0.988. The molecule has 0 aromatic rings. The van der Waals surface area contributed by atoms with E-state index in [1.807, 2.05) is 0 Å². The van der Waals surface area contributed by atoms with Crippen molar-refractivity contribution in [2.75, 3.05) is 6.54 Å². The third-order valence-corrected chi connectivity index (χ3v) is 1.82. The molecule has 0 aromatic carbocycles. The largest absolute Gasteiger partial charge is 0.392 e. The average Bonchev–Trinajstić information content (AvgIpc) is 2.34. The van der Waals surface area contributed by atoms with Crippen molar-refractivity contribution in [1.29, 1.82) is 0 Å². The minimum atomic E-state index is -0.584. The van der Waals surface area contributed by atoms with Crippen LogP contribution in [0.15, 0.2) is 0 Å². The van der Waals surface area contributed by atoms with Crippen molar-refractivity contribution < 1.29 is 14.3 Å². The highest BCUT2D eigenvalue weighted by atomic mass is 32.1. The van der Waals surface area contributed by atoms with Crippen LogP contribution in [0.3, 0.4) is 0 Å². The molecule has 4 nitrogen and oxygen atoms in total. The second kappa shape index (κ2) is 3.73. The predicted molar refractivity (Wildman–Crippen MR) is 45.8 cm³/mol. The van der Waals surface area contributed by atoms with E-state index in [-0.39, 0.29) is 0 Å². The van der Waals surface area contributed by atoms with E-state index in [1.54, 1.807) is 0 Å². The van der Waals surface area contributed by atoms with Crippen LogP contribution in [-0.2, 0) is 14.3 Å². The molecule has 0 spiro atoms. The summed E-state index contributed by atoms with van der Waals surface area (Å²) in [6.45, 7) is 1.75. The summed E-state index contributed by atoms with van der Waals surface area (Å²) in [6.07, 6.45) is 0.488. The molecule has 1 N–H and O–H groups in total. The summed E-state index contributed by atoms with van der Waals surface area (Å²) < 4.78 is 4.38. The first-order valence-corrected chi connectivity index (χ1v) is 3.98. The summed E-state index contributed by atoms with van der Waals surface area (Å²) in [5, 5.41) is 2.84. The highest BCUT2D eigenvalue weighted by molar-refractivity contribution is 7.80. The van der Waals surface area contributed by atoms with Gasteiger partial charge in [0.15, 0.2) is 0 Å². The molecule has 0 bridgehead atoms. The fraction of sp³-hybridized carbons (Fsp3) is 0.571. The van der Waals surface area contributed by atoms with E-state index < -0.39 is 18.0 Å². The number of nitrogens with one attached hydrogen (secondary N) is 1. The topological polar surface area (TPSA) is 55.4 Å². The molecule has 5 heteroatoms. The smallest absolute Gasteiger partial charge is 0.331 e. The lowest BCUT2D eigenvalue weighted by molar-refractivity contribution is -0.159. The van der Waals surface area contributed by atoms with Gasteiger partial charge >= 0.3 is 11.9 Å². The first-order valence-electron chi connectivity index (χ1n) is 3.57. The average molecular weight is 187 g/mol. The van der Waals surface area contributed by atoms with Gasteiger partial charge in [0.1, 0.15) is 6.04 Å². The van der Waals surface area contributed by atoms with Crippen LogP contribution in [0.2, 0.25) is 0 Å². The van der Waals surface area contributed by atoms with Crippen LogP contribution in [0, 0.1) is 0 Å². The molecule has 1 aliphatic rings. The molecule has 12 heavy (non-hydrogen) atoms. The zero-order valence-electron chi connectivity index (χ0n) is 6.62. The SMILES string of the molecule is CC(=O)OC(=O)[C@@H]1CC(=S)CN1. The number of hydrogen-bond acceptors (Lipinski definition) is 5. The maximum absolute atomic E-state index is 11.0. The van der Waals surface area contributed by atoms with Gasteiger partial charge in [0, 0.05) is 24.8 Å². The van der Waals surface area contributed by atoms with E-state index in [9.17, 15) is 9.59 Å². The number of esters is 2. The molecule has 0 saturated carbocycles. The molecule has 0 amide bonds. The minimum absolute atomic E-state index is 0.429. The minimum Gasteiger partial charge on any atom is -0.392 e. The van der Waals surface area contributed by atoms with Crippen molar-refractivity contribution in [2.45, 2.75) is 19.4 Å². The number of carbonyl (C=O) groups excluding carboxylic acids is 2. The molecule has 1 saturated heterocycles. The quantitative estimate of drug-likeness (QED) is 0.350. The van der Waals surface area contributed by atoms with Crippen molar-refractivity contribution in [3.8, 4) is 0 Å². The molecule has 0 unspecified atom stereocenters. The van der Waals surface area contributed by atoms with Crippen LogP contribution in [0.25, 0.3) is 0 Å². The van der Waals surface area contributed by atoms with Crippen LogP contribution >= 0.6 is 12.2 Å². The molecule has 0 aliphatic carbocycles. The second-order valence-corrected chi connectivity index (χ2v) is 3.17. The zero-order valence-corrected chi connectivity index (χ0v) is 7.44. The molecular formula is C7H9NO3S. The Bertz CT molecular complexity index is 239. The normalized spacial score (nSPS) is 22.4. The Balaban J connectivity index is 2.43. The number of carbonyl (C=O) groups is 2. The Hall–Kier alpha value is -0.810. The number of hydrogen-bond donors (Lipinski definition) is 1. The lowest BCUT2D eigenvalue weighted by Gasteiger charge is -2.05. The third kappa shape index (κ3) is 2.35. The monoisotopic (exact) mass is 187 g/mol. The number of ether oxygens (including phenoxy) is 1. The van der Waals surface area contributed by atoms with E-state index in [0.29, 0.717) is 13.0 Å². The Morgan fingerprint density at radius 3 is 2.75 bits per heavy atom. The van der Waals surface area contributed by atoms with Crippen molar-refractivity contribution in [3.05, 3.63) is 0 Å². The molecule has 1 aliphatic heterocycles. The first kappa shape index (κ1) is 9.28. The maximum atomic E-state index is 11.0. The molecule has 1 rings (SSSR count). The van der Waals surface area contributed by atoms with Gasteiger partial charge in [-0.2, -0.15) is 0 Å². The molecule has 66 valence electrons. The van der Waals surface area contributed by atoms with E-state index in [1.165, 1.54) is 6.92 Å². The van der Waals surface area contributed by atoms with Crippen molar-refractivity contribution in [3.63, 3.8) is 0 Å². The van der Waals surface area contributed by atoms with Crippen molar-refractivity contribution in [1.82, 2.24) is 5.32 Å². The second-order valence-electron chi connectivity index (χ2n) is 2.59. The summed E-state index contributed by atoms with van der Waals surface area (Å²) >= 11 is 4.87. The van der Waals surface area contributed by atoms with Crippen molar-refractivity contribution >= 4 is 29.0 Å². The van der Waals surface area contributed by atoms with Gasteiger partial charge in [-0.25, -0.2) is 4.79 Å². The van der Waals surface area contributed by atoms with Crippen LogP contribution in [0.1, 0.15) is 13.3 Å². The Kier molecular flexibility index (Phi) is 2.88. The Morgan fingerprint density at radius 1 is 1.67 bits per heavy atom. The fourth-order valence-corrected chi connectivity index (χ4v) is 1.24. The summed E-state index contributed by atoms with van der Waals surface area (Å²) in [5.41, 5.74) is 0. The lowest BCUT2D eigenvalue weighted by Crippen LogP contribution is -2.33. The zero-order chi connectivity index (χ0) is 9.14. The molecule has 1 atom stereocenters. The van der Waals surface area contributed by atoms with Gasteiger partial charge in [-0.1, -0.05) is 12.2 Å². The van der Waals surface area contributed by atoms with Gasteiger partial charge in [0.05, 0.1) is 0 Å². The summed E-state index contributed by atoms with van der Waals surface area (Å²) in [4.78, 5) is 22.2. The van der Waals surface area contributed by atoms with E-state index in [0.717, 1.165) is 4.86 Å². The molecular weight excluding hydrogens is 178 g/mol. The van der Waals surface area contributed by atoms with E-state index in [2.05, 4.69) is 10.1 Å². The predicted octanol–water partition coefficient (Wildman–Crippen LogP) is -0.192. The highest BCUT2D eigenvalue weighted by Crippen LogP contribution is 2.05. The third-order valence-electron chi connectivity index (χ3n) is 1.51. The van der Waals surface area contributed by atoms with Crippen molar-refractivity contribution in [2.24, 2.45) is 0 Å². The van der Waals surface area contributed by atoms with Gasteiger partial charge in [-0.15, -0.1) is 0 Å². The summed E-state index contributed by atoms with van der Waals surface area (Å²) in [6, 6.07) is -0.429. The Labute approximate surface area is 75.3 Å². The van der Waals surface area contributed by atoms with Crippen LogP contribution in [-0.4, -0.2) is 29.4 Å². The standard InChI is InChI=1S/C7H9NO3S/c1-4(9)11-7(10)6-2-5(12)3-8-6/h6,8H,2-3H2,1H3/t6-/m0/s1. The molecule has 1 fully saturated rings. The van der Waals surface area contributed by atoms with E-state index in [4.69, 9.17) is 12.2 Å². The molecule has 0 aromatic heterocycles. The van der Waals surface area contributed by atoms with Crippen LogP contribution in [0.5, 0.6) is 0 Å². The lowest BCUT2D eigenvalue weighted by atomic mass is 10.2. The van der Waals surface area contributed by atoms with Crippen LogP contribution in [0.4, 0.5) is 0 Å². The highest BCUT2D eigenvalue weighted by Gasteiger charge is 2.27. The van der Waals surface area contributed by atoms with E-state index >= 15 is 0 Å². The van der Waals surface area contributed by atoms with Gasteiger partial charge < -0.3 is 4.74 Å². The first-order chi connectivity index (χ1) is 5.59. The number of thiocarbonyl (C=S) groups is 1. The van der Waals surface area contributed by atoms with Crippen LogP contribution < -0.4 is 5.32 Å². The van der Waals surface area contributed by atoms with Gasteiger partial charge in [0.25, 0.3) is 0 Å². The number of rotatable bonds is 1. The maximum Gasteiger partial charge on any atom is 0.331 e. The summed E-state index contributed by atoms with van der Waals surface area (Å²) in [7, 11) is 0. The summed E-state index contributed by atoms with van der Waals surface area (Å²) in [5.74, 6) is -1.12. The molecule has 0 radical (unpaired) electrons. The molecule has 1 heterocycles.